The van der Waals surface area contributed by atoms with Crippen molar-refractivity contribution in [1.29, 1.82) is 5.26 Å². The Balaban J connectivity index is 0.821. The van der Waals surface area contributed by atoms with Crippen LogP contribution in [0.25, 0.3) is 0 Å². The molecule has 2 saturated carbocycles. The number of anilines is 1. The smallest absolute Gasteiger partial charge is 0.262 e. The zero-order chi connectivity index (χ0) is 39.7. The van der Waals surface area contributed by atoms with E-state index < -0.39 is 29.7 Å². The van der Waals surface area contributed by atoms with Crippen molar-refractivity contribution in [2.75, 3.05) is 5.32 Å². The van der Waals surface area contributed by atoms with Crippen molar-refractivity contribution in [3.63, 3.8) is 0 Å². The van der Waals surface area contributed by atoms with Crippen LogP contribution in [0, 0.1) is 22.2 Å². The third-order valence-corrected chi connectivity index (χ3v) is 13.0. The third kappa shape index (κ3) is 6.50. The summed E-state index contributed by atoms with van der Waals surface area (Å²) >= 11 is 6.24. The number of hydrogen-bond acceptors (Lipinski definition) is 9. The molecule has 3 N–H and O–H groups in total. The molecule has 0 radical (unpaired) electrons. The van der Waals surface area contributed by atoms with Gasteiger partial charge in [-0.05, 0) is 91.8 Å². The van der Waals surface area contributed by atoms with Crippen molar-refractivity contribution in [2.24, 2.45) is 10.8 Å². The van der Waals surface area contributed by atoms with Gasteiger partial charge in [-0.2, -0.15) is 5.26 Å². The number of ether oxygens (including phenoxy) is 1. The number of carbonyl (C=O) groups is 5. The lowest BCUT2D eigenvalue weighted by Gasteiger charge is -2.63. The van der Waals surface area contributed by atoms with E-state index in [0.29, 0.717) is 58.2 Å². The van der Waals surface area contributed by atoms with Gasteiger partial charge in [-0.1, -0.05) is 39.3 Å². The Bertz CT molecular complexity index is 2140. The fourth-order valence-corrected chi connectivity index (χ4v) is 10.2. The van der Waals surface area contributed by atoms with E-state index in [1.165, 1.54) is 0 Å². The standard InChI is InChI=1S/C43H45ClN6O6/c1-42(2)40(43(3,4)41(42)56-30-14-7-24(20-45)33(44)19-30)48-36(52)23-5-8-27(9-6-23)46-28-10-12-29(13-11-28)49-21-25-17-31-32(18-26(25)22-49)39(55)50(38(31)54)34-15-16-35(51)47-37(34)53/h5-9,14,17-19,28-29,34,40-41,46H,10-13,15-16,21-22H2,1-4H3,(H,48,52)(H,47,51,53)/t28-,29-,34?,40-,41-. The predicted octanol–water partition coefficient (Wildman–Crippen LogP) is 5.96. The van der Waals surface area contributed by atoms with Crippen molar-refractivity contribution in [1.82, 2.24) is 20.4 Å². The van der Waals surface area contributed by atoms with Crippen LogP contribution in [0.4, 0.5) is 5.69 Å². The maximum absolute atomic E-state index is 13.5. The van der Waals surface area contributed by atoms with E-state index in [2.05, 4.69) is 54.6 Å². The Morgan fingerprint density at radius 3 is 2.07 bits per heavy atom. The number of fused-ring (bicyclic) bond motifs is 2. The molecule has 0 aromatic heterocycles. The van der Waals surface area contributed by atoms with Crippen LogP contribution in [-0.2, 0) is 22.7 Å². The van der Waals surface area contributed by atoms with Gasteiger partial charge in [0.25, 0.3) is 17.7 Å². The van der Waals surface area contributed by atoms with E-state index in [9.17, 15) is 29.2 Å². The second-order valence-corrected chi connectivity index (χ2v) is 17.5. The van der Waals surface area contributed by atoms with Gasteiger partial charge in [-0.3, -0.25) is 39.1 Å². The van der Waals surface area contributed by atoms with E-state index in [0.717, 1.165) is 47.4 Å². The van der Waals surface area contributed by atoms with Crippen LogP contribution >= 0.6 is 11.6 Å². The van der Waals surface area contributed by atoms with Crippen molar-refractivity contribution in [3.05, 3.63) is 93.0 Å². The fraction of sp³-hybridized carbons (Fsp3) is 0.442. The highest BCUT2D eigenvalue weighted by Gasteiger charge is 2.64. The summed E-state index contributed by atoms with van der Waals surface area (Å²) in [4.78, 5) is 67.6. The average Bonchev–Trinajstić information content (AvgIpc) is 3.69. The summed E-state index contributed by atoms with van der Waals surface area (Å²) < 4.78 is 6.37. The summed E-state index contributed by atoms with van der Waals surface area (Å²) in [6.07, 6.45) is 4.01. The Morgan fingerprint density at radius 2 is 1.50 bits per heavy atom. The maximum atomic E-state index is 13.5. The first kappa shape index (κ1) is 37.7. The first-order valence-corrected chi connectivity index (χ1v) is 19.7. The van der Waals surface area contributed by atoms with E-state index >= 15 is 0 Å². The number of nitrogens with zero attached hydrogens (tertiary/aromatic N) is 3. The largest absolute Gasteiger partial charge is 0.489 e. The monoisotopic (exact) mass is 776 g/mol. The quantitative estimate of drug-likeness (QED) is 0.235. The van der Waals surface area contributed by atoms with E-state index in [-0.39, 0.29) is 41.7 Å². The minimum Gasteiger partial charge on any atom is -0.489 e. The molecule has 3 aromatic rings. The van der Waals surface area contributed by atoms with Crippen LogP contribution < -0.4 is 20.7 Å². The zero-order valence-electron chi connectivity index (χ0n) is 31.9. The summed E-state index contributed by atoms with van der Waals surface area (Å²) in [5.74, 6) is -1.49. The lowest BCUT2D eigenvalue weighted by molar-refractivity contribution is -0.164. The van der Waals surface area contributed by atoms with E-state index in [1.807, 2.05) is 36.4 Å². The van der Waals surface area contributed by atoms with Crippen LogP contribution in [0.1, 0.15) is 114 Å². The molecule has 3 aromatic carbocycles. The van der Waals surface area contributed by atoms with Crippen molar-refractivity contribution >= 4 is 46.8 Å². The number of nitrogens with one attached hydrogen (secondary N) is 3. The highest BCUT2D eigenvalue weighted by Crippen LogP contribution is 2.55. The molecular formula is C43H45ClN6O6. The number of carbonyl (C=O) groups excluding carboxylic acids is 5. The molecule has 3 heterocycles. The molecule has 290 valence electrons. The van der Waals surface area contributed by atoms with Crippen LogP contribution in [0.15, 0.2) is 54.6 Å². The molecule has 0 bridgehead atoms. The minimum atomic E-state index is -0.968. The predicted molar refractivity (Wildman–Crippen MR) is 208 cm³/mol. The number of benzene rings is 3. The third-order valence-electron chi connectivity index (χ3n) is 12.7. The van der Waals surface area contributed by atoms with Gasteiger partial charge in [0.15, 0.2) is 0 Å². The van der Waals surface area contributed by atoms with Gasteiger partial charge < -0.3 is 15.4 Å². The molecule has 5 amide bonds. The summed E-state index contributed by atoms with van der Waals surface area (Å²) in [5.41, 5.74) is 3.94. The highest BCUT2D eigenvalue weighted by molar-refractivity contribution is 6.31. The minimum absolute atomic E-state index is 0.0925. The molecule has 2 aliphatic carbocycles. The lowest BCUT2D eigenvalue weighted by atomic mass is 9.49. The molecule has 8 rings (SSSR count). The summed E-state index contributed by atoms with van der Waals surface area (Å²) in [6, 6.07) is 18.0. The number of amides is 5. The number of hydrogen-bond donors (Lipinski definition) is 3. The van der Waals surface area contributed by atoms with Crippen molar-refractivity contribution in [3.8, 4) is 11.8 Å². The molecule has 1 saturated heterocycles. The number of halogens is 1. The molecular weight excluding hydrogens is 732 g/mol. The van der Waals surface area contributed by atoms with E-state index in [1.54, 1.807) is 18.2 Å². The SMILES string of the molecule is CC1(C)[C@H](NC(=O)c2ccc(N[C@H]3CC[C@H](N4Cc5cc6c(cc5C4)C(=O)N(C4CCC(=O)NC4=O)C6=O)CC3)cc2)C(C)(C)[C@H]1Oc1ccc(C#N)c(Cl)c1. The van der Waals surface area contributed by atoms with Crippen molar-refractivity contribution < 1.29 is 28.7 Å². The van der Waals surface area contributed by atoms with Gasteiger partial charge in [0.05, 0.1) is 21.7 Å². The first-order valence-electron chi connectivity index (χ1n) is 19.3. The Morgan fingerprint density at radius 1 is 0.875 bits per heavy atom. The van der Waals surface area contributed by atoms with Crippen LogP contribution in [0.5, 0.6) is 5.75 Å². The highest BCUT2D eigenvalue weighted by atomic mass is 35.5. The summed E-state index contributed by atoms with van der Waals surface area (Å²) in [5, 5.41) is 18.7. The molecule has 13 heteroatoms. The van der Waals surface area contributed by atoms with Gasteiger partial charge >= 0.3 is 0 Å². The second-order valence-electron chi connectivity index (χ2n) is 17.0. The van der Waals surface area contributed by atoms with Gasteiger partial charge in [-0.15, -0.1) is 0 Å². The van der Waals surface area contributed by atoms with Gasteiger partial charge in [0, 0.05) is 65.8 Å². The van der Waals surface area contributed by atoms with Gasteiger partial charge in [0.1, 0.15) is 24.0 Å². The zero-order valence-corrected chi connectivity index (χ0v) is 32.7. The number of imide groups is 2. The molecule has 3 aliphatic heterocycles. The first-order chi connectivity index (χ1) is 26.6. The molecule has 1 atom stereocenters. The maximum Gasteiger partial charge on any atom is 0.262 e. The Kier molecular flexibility index (Phi) is 9.45. The summed E-state index contributed by atoms with van der Waals surface area (Å²) in [6.45, 7) is 9.73. The topological polar surface area (TPSA) is 161 Å². The van der Waals surface area contributed by atoms with Crippen molar-refractivity contribution in [2.45, 2.75) is 110 Å². The average molecular weight is 777 g/mol. The number of rotatable bonds is 8. The molecule has 12 nitrogen and oxygen atoms in total. The van der Waals surface area contributed by atoms with E-state index in [4.69, 9.17) is 16.3 Å². The van der Waals surface area contributed by atoms with Crippen LogP contribution in [-0.4, -0.2) is 69.6 Å². The Hall–Kier alpha value is -5.25. The molecule has 56 heavy (non-hydrogen) atoms. The number of nitriles is 1. The van der Waals surface area contributed by atoms with Crippen LogP contribution in [0.2, 0.25) is 5.02 Å². The summed E-state index contributed by atoms with van der Waals surface area (Å²) in [7, 11) is 0. The molecule has 3 fully saturated rings. The molecule has 1 unspecified atom stereocenters. The molecule has 5 aliphatic rings. The normalized spacial score (nSPS) is 26.4. The second kappa shape index (κ2) is 14.0. The Labute approximate surface area is 330 Å². The van der Waals surface area contributed by atoms with Gasteiger partial charge in [-0.25, -0.2) is 0 Å². The lowest BCUT2D eigenvalue weighted by Crippen LogP contribution is -2.74. The number of piperidine rings is 1. The van der Waals surface area contributed by atoms with Gasteiger partial charge in [0.2, 0.25) is 11.8 Å². The fourth-order valence-electron chi connectivity index (χ4n) is 10.0. The van der Waals surface area contributed by atoms with Crippen LogP contribution in [0.3, 0.4) is 0 Å². The molecule has 0 spiro atoms.